The number of nitrogens with zero attached hydrogens (tertiary/aromatic N) is 2. The molecule has 1 aromatic rings. The highest BCUT2D eigenvalue weighted by molar-refractivity contribution is 9.10. The van der Waals surface area contributed by atoms with Gasteiger partial charge in [0, 0.05) is 17.2 Å². The van der Waals surface area contributed by atoms with E-state index in [0.717, 1.165) is 23.3 Å². The summed E-state index contributed by atoms with van der Waals surface area (Å²) in [4.78, 5) is 17.0. The molecule has 2 rings (SSSR count). The molecule has 0 amide bonds. The number of aromatic nitrogens is 1. The Morgan fingerprint density at radius 2 is 2.47 bits per heavy atom. The Morgan fingerprint density at radius 1 is 1.67 bits per heavy atom. The van der Waals surface area contributed by atoms with Crippen molar-refractivity contribution in [2.45, 2.75) is 18.9 Å². The smallest absolute Gasteiger partial charge is 0.326 e. The summed E-state index contributed by atoms with van der Waals surface area (Å²) < 4.78 is 0.920. The molecule has 15 heavy (non-hydrogen) atoms. The predicted molar refractivity (Wildman–Crippen MR) is 59.9 cm³/mol. The summed E-state index contributed by atoms with van der Waals surface area (Å²) in [7, 11) is 0. The molecule has 0 radical (unpaired) electrons. The van der Waals surface area contributed by atoms with E-state index < -0.39 is 12.0 Å². The van der Waals surface area contributed by atoms with Gasteiger partial charge in [0.05, 0.1) is 0 Å². The Bertz CT molecular complexity index is 383. The summed E-state index contributed by atoms with van der Waals surface area (Å²) in [5.41, 5.74) is 0. The van der Waals surface area contributed by atoms with Gasteiger partial charge < -0.3 is 10.0 Å². The number of anilines is 1. The molecule has 4 nitrogen and oxygen atoms in total. The Hall–Kier alpha value is -1.10. The standard InChI is InChI=1S/C10H11BrN2O2/c11-7-3-4-12-9(6-7)13-5-1-2-8(13)10(14)15/h3-4,6,8H,1-2,5H2,(H,14,15)/t8-/m0/s1. The first kappa shape index (κ1) is 10.4. The number of hydrogen-bond acceptors (Lipinski definition) is 3. The van der Waals surface area contributed by atoms with Crippen LogP contribution in [0.5, 0.6) is 0 Å². The summed E-state index contributed by atoms with van der Waals surface area (Å²) in [6.07, 6.45) is 3.28. The van der Waals surface area contributed by atoms with Gasteiger partial charge in [-0.2, -0.15) is 0 Å². The second-order valence-electron chi connectivity index (χ2n) is 3.52. The minimum Gasteiger partial charge on any atom is -0.480 e. The lowest BCUT2D eigenvalue weighted by molar-refractivity contribution is -0.138. The summed E-state index contributed by atoms with van der Waals surface area (Å²) in [6, 6.07) is 3.25. The normalized spacial score (nSPS) is 20.6. The topological polar surface area (TPSA) is 53.4 Å². The van der Waals surface area contributed by atoms with Gasteiger partial charge in [-0.1, -0.05) is 15.9 Å². The van der Waals surface area contributed by atoms with Crippen LogP contribution >= 0.6 is 15.9 Å². The maximum absolute atomic E-state index is 11.0. The SMILES string of the molecule is O=C(O)[C@@H]1CCCN1c1cc(Br)ccn1. The predicted octanol–water partition coefficient (Wildman–Crippen LogP) is 1.90. The van der Waals surface area contributed by atoms with Crippen LogP contribution in [0.2, 0.25) is 0 Å². The van der Waals surface area contributed by atoms with E-state index in [9.17, 15) is 4.79 Å². The Labute approximate surface area is 96.1 Å². The molecule has 1 N–H and O–H groups in total. The van der Waals surface area contributed by atoms with Crippen LogP contribution in [0, 0.1) is 0 Å². The van der Waals surface area contributed by atoms with Gasteiger partial charge in [-0.25, -0.2) is 9.78 Å². The highest BCUT2D eigenvalue weighted by atomic mass is 79.9. The Kier molecular flexibility index (Phi) is 2.90. The van der Waals surface area contributed by atoms with Crippen LogP contribution in [0.1, 0.15) is 12.8 Å². The molecule has 2 heterocycles. The fourth-order valence-corrected chi connectivity index (χ4v) is 2.17. The lowest BCUT2D eigenvalue weighted by atomic mass is 10.2. The molecular weight excluding hydrogens is 260 g/mol. The van der Waals surface area contributed by atoms with Crippen molar-refractivity contribution >= 4 is 27.7 Å². The lowest BCUT2D eigenvalue weighted by Gasteiger charge is -2.22. The average Bonchev–Trinajstić information content (AvgIpc) is 2.65. The molecule has 0 spiro atoms. The monoisotopic (exact) mass is 270 g/mol. The Balaban J connectivity index is 2.26. The zero-order chi connectivity index (χ0) is 10.8. The van der Waals surface area contributed by atoms with Gasteiger partial charge in [-0.15, -0.1) is 0 Å². The molecule has 1 aromatic heterocycles. The van der Waals surface area contributed by atoms with Gasteiger partial charge in [0.2, 0.25) is 0 Å². The molecule has 1 fully saturated rings. The fourth-order valence-electron chi connectivity index (χ4n) is 1.85. The van der Waals surface area contributed by atoms with Crippen LogP contribution in [0.15, 0.2) is 22.8 Å². The number of hydrogen-bond donors (Lipinski definition) is 1. The van der Waals surface area contributed by atoms with Crippen molar-refractivity contribution in [2.24, 2.45) is 0 Å². The highest BCUT2D eigenvalue weighted by Crippen LogP contribution is 2.25. The molecule has 1 aliphatic rings. The zero-order valence-electron chi connectivity index (χ0n) is 8.06. The number of carbonyl (C=O) groups is 1. The largest absolute Gasteiger partial charge is 0.480 e. The second-order valence-corrected chi connectivity index (χ2v) is 4.44. The third-order valence-corrected chi connectivity index (χ3v) is 3.03. The second kappa shape index (κ2) is 4.18. The fraction of sp³-hybridized carbons (Fsp3) is 0.400. The first-order chi connectivity index (χ1) is 7.18. The van der Waals surface area contributed by atoms with Gasteiger partial charge in [0.1, 0.15) is 11.9 Å². The van der Waals surface area contributed by atoms with Crippen LogP contribution in [-0.2, 0) is 4.79 Å². The molecule has 1 saturated heterocycles. The summed E-state index contributed by atoms with van der Waals surface area (Å²) >= 11 is 3.35. The van der Waals surface area contributed by atoms with Crippen molar-refractivity contribution in [1.82, 2.24) is 4.98 Å². The number of rotatable bonds is 2. The van der Waals surface area contributed by atoms with Crippen LogP contribution in [0.4, 0.5) is 5.82 Å². The minimum absolute atomic E-state index is 0.424. The maximum Gasteiger partial charge on any atom is 0.326 e. The zero-order valence-corrected chi connectivity index (χ0v) is 9.64. The van der Waals surface area contributed by atoms with E-state index in [1.807, 2.05) is 17.0 Å². The van der Waals surface area contributed by atoms with Gasteiger partial charge in [0.25, 0.3) is 0 Å². The Morgan fingerprint density at radius 3 is 3.13 bits per heavy atom. The van der Waals surface area contributed by atoms with Crippen molar-refractivity contribution < 1.29 is 9.90 Å². The van der Waals surface area contributed by atoms with Crippen molar-refractivity contribution in [1.29, 1.82) is 0 Å². The molecule has 1 atom stereocenters. The molecule has 0 saturated carbocycles. The van der Waals surface area contributed by atoms with E-state index in [2.05, 4.69) is 20.9 Å². The van der Waals surface area contributed by atoms with Crippen molar-refractivity contribution in [3.05, 3.63) is 22.8 Å². The van der Waals surface area contributed by atoms with Gasteiger partial charge in [-0.3, -0.25) is 0 Å². The molecule has 1 aliphatic heterocycles. The van der Waals surface area contributed by atoms with E-state index in [-0.39, 0.29) is 0 Å². The molecule has 0 unspecified atom stereocenters. The number of halogens is 1. The van der Waals surface area contributed by atoms with E-state index in [4.69, 9.17) is 5.11 Å². The molecule has 80 valence electrons. The lowest BCUT2D eigenvalue weighted by Crippen LogP contribution is -2.36. The molecule has 0 aromatic carbocycles. The van der Waals surface area contributed by atoms with E-state index in [0.29, 0.717) is 6.42 Å². The number of carboxylic acid groups (broad SMARTS) is 1. The molecule has 5 heteroatoms. The van der Waals surface area contributed by atoms with Crippen LogP contribution in [-0.4, -0.2) is 28.6 Å². The van der Waals surface area contributed by atoms with E-state index in [1.165, 1.54) is 0 Å². The first-order valence-corrected chi connectivity index (χ1v) is 5.59. The van der Waals surface area contributed by atoms with Crippen LogP contribution < -0.4 is 4.90 Å². The number of carboxylic acids is 1. The van der Waals surface area contributed by atoms with Crippen LogP contribution in [0.25, 0.3) is 0 Å². The minimum atomic E-state index is -0.769. The van der Waals surface area contributed by atoms with Crippen molar-refractivity contribution in [2.75, 3.05) is 11.4 Å². The molecular formula is C10H11BrN2O2. The number of aliphatic carboxylic acids is 1. The molecule has 0 aliphatic carbocycles. The van der Waals surface area contributed by atoms with E-state index >= 15 is 0 Å². The number of pyridine rings is 1. The average molecular weight is 271 g/mol. The quantitative estimate of drug-likeness (QED) is 0.892. The summed E-state index contributed by atoms with van der Waals surface area (Å²) in [6.45, 7) is 0.764. The van der Waals surface area contributed by atoms with Gasteiger partial charge in [-0.05, 0) is 25.0 Å². The van der Waals surface area contributed by atoms with Gasteiger partial charge >= 0.3 is 5.97 Å². The van der Waals surface area contributed by atoms with Gasteiger partial charge in [0.15, 0.2) is 0 Å². The third-order valence-electron chi connectivity index (χ3n) is 2.54. The summed E-state index contributed by atoms with van der Waals surface area (Å²) in [5, 5.41) is 9.03. The maximum atomic E-state index is 11.0. The van der Waals surface area contributed by atoms with Crippen molar-refractivity contribution in [3.63, 3.8) is 0 Å². The first-order valence-electron chi connectivity index (χ1n) is 4.79. The van der Waals surface area contributed by atoms with Crippen molar-refractivity contribution in [3.8, 4) is 0 Å². The summed E-state index contributed by atoms with van der Waals surface area (Å²) in [5.74, 6) is -0.0384. The van der Waals surface area contributed by atoms with E-state index in [1.54, 1.807) is 6.20 Å². The molecule has 0 bridgehead atoms. The van der Waals surface area contributed by atoms with Crippen LogP contribution in [0.3, 0.4) is 0 Å². The third kappa shape index (κ3) is 2.12. The highest BCUT2D eigenvalue weighted by Gasteiger charge is 2.31.